The molecule has 1 fully saturated rings. The number of para-hydroxylation sites is 1. The zero-order valence-electron chi connectivity index (χ0n) is 17.4. The SMILES string of the molecule is CC1=CS[C@@H]2[C@H](NC(=O)COc3ccccc3)C(=O)N2[C@@]1(CCC#N)C(=O)OCC(Cl)(Cl)Cl. The van der Waals surface area contributed by atoms with Gasteiger partial charge in [-0.2, -0.15) is 5.26 Å². The van der Waals surface area contributed by atoms with Crippen molar-refractivity contribution in [1.29, 1.82) is 5.26 Å². The number of thioether (sulfide) groups is 1. The fraction of sp³-hybridized carbons (Fsp3) is 0.429. The molecule has 1 aromatic carbocycles. The van der Waals surface area contributed by atoms with E-state index < -0.39 is 45.1 Å². The number of ether oxygens (including phenoxy) is 2. The van der Waals surface area contributed by atoms with Crippen molar-refractivity contribution >= 4 is 64.3 Å². The number of esters is 1. The van der Waals surface area contributed by atoms with Gasteiger partial charge in [0.25, 0.3) is 5.91 Å². The summed E-state index contributed by atoms with van der Waals surface area (Å²) in [5, 5.41) is 12.9. The fourth-order valence-corrected chi connectivity index (χ4v) is 5.11. The molecule has 0 unspecified atom stereocenters. The van der Waals surface area contributed by atoms with Gasteiger partial charge in [0.15, 0.2) is 12.1 Å². The third kappa shape index (κ3) is 5.52. The number of rotatable bonds is 8. The lowest BCUT2D eigenvalue weighted by molar-refractivity contribution is -0.173. The second kappa shape index (κ2) is 10.4. The number of fused-ring (bicyclic) bond motifs is 1. The summed E-state index contributed by atoms with van der Waals surface area (Å²) in [5.41, 5.74) is -1.00. The molecule has 3 atom stereocenters. The standard InChI is InChI=1S/C21H20Cl3N3O5S/c1-13-11-33-18-16(26-15(28)10-31-14-6-3-2-4-7-14)17(29)27(18)20(13,8-5-9-25)19(30)32-12-21(22,23)24/h2-4,6-7,11,16,18H,5,8,10,12H2,1H3,(H,26,28)/t16-,18-,20-/m1/s1. The first-order valence-corrected chi connectivity index (χ1v) is 11.9. The summed E-state index contributed by atoms with van der Waals surface area (Å²) in [7, 11) is 0. The highest BCUT2D eigenvalue weighted by atomic mass is 35.6. The van der Waals surface area contributed by atoms with Gasteiger partial charge < -0.3 is 19.7 Å². The highest BCUT2D eigenvalue weighted by molar-refractivity contribution is 8.03. The Balaban J connectivity index is 1.74. The molecule has 2 heterocycles. The van der Waals surface area contributed by atoms with Crippen molar-refractivity contribution in [2.75, 3.05) is 13.2 Å². The van der Waals surface area contributed by atoms with E-state index >= 15 is 0 Å². The van der Waals surface area contributed by atoms with E-state index in [1.807, 2.05) is 12.1 Å². The molecule has 0 radical (unpaired) electrons. The van der Waals surface area contributed by atoms with Crippen molar-refractivity contribution < 1.29 is 23.9 Å². The third-order valence-electron chi connectivity index (χ3n) is 5.22. The second-order valence-corrected chi connectivity index (χ2v) is 10.9. The molecule has 1 aromatic rings. The van der Waals surface area contributed by atoms with Crippen LogP contribution in [0.3, 0.4) is 0 Å². The predicted molar refractivity (Wildman–Crippen MR) is 125 cm³/mol. The van der Waals surface area contributed by atoms with E-state index in [9.17, 15) is 14.4 Å². The first kappa shape index (κ1) is 25.5. The van der Waals surface area contributed by atoms with Crippen LogP contribution in [0.1, 0.15) is 19.8 Å². The Morgan fingerprint density at radius 1 is 1.30 bits per heavy atom. The molecule has 1 saturated heterocycles. The molecule has 33 heavy (non-hydrogen) atoms. The molecule has 0 bridgehead atoms. The van der Waals surface area contributed by atoms with Gasteiger partial charge in [0.2, 0.25) is 9.70 Å². The van der Waals surface area contributed by atoms with Gasteiger partial charge in [-0.1, -0.05) is 53.0 Å². The first-order valence-electron chi connectivity index (χ1n) is 9.84. The Morgan fingerprint density at radius 3 is 2.64 bits per heavy atom. The molecular weight excluding hydrogens is 513 g/mol. The van der Waals surface area contributed by atoms with Crippen LogP contribution in [-0.2, 0) is 19.1 Å². The van der Waals surface area contributed by atoms with Crippen LogP contribution in [0, 0.1) is 11.3 Å². The molecular formula is C21H20Cl3N3O5S. The maximum absolute atomic E-state index is 13.1. The summed E-state index contributed by atoms with van der Waals surface area (Å²) in [4.78, 5) is 40.0. The molecule has 3 rings (SSSR count). The Bertz CT molecular complexity index is 995. The van der Waals surface area contributed by atoms with Crippen molar-refractivity contribution in [1.82, 2.24) is 10.2 Å². The average molecular weight is 533 g/mol. The minimum atomic E-state index is -1.83. The zero-order valence-corrected chi connectivity index (χ0v) is 20.5. The van der Waals surface area contributed by atoms with Gasteiger partial charge in [0.1, 0.15) is 23.8 Å². The van der Waals surface area contributed by atoms with E-state index in [0.29, 0.717) is 11.3 Å². The summed E-state index contributed by atoms with van der Waals surface area (Å²) in [6.07, 6.45) is -0.0116. The van der Waals surface area contributed by atoms with E-state index in [0.717, 1.165) is 0 Å². The number of alkyl halides is 3. The van der Waals surface area contributed by atoms with Gasteiger partial charge in [-0.25, -0.2) is 4.79 Å². The lowest BCUT2D eigenvalue weighted by Gasteiger charge is -2.57. The first-order chi connectivity index (χ1) is 15.6. The zero-order chi connectivity index (χ0) is 24.2. The van der Waals surface area contributed by atoms with Gasteiger partial charge in [0, 0.05) is 6.42 Å². The molecule has 0 saturated carbocycles. The van der Waals surface area contributed by atoms with E-state index in [1.54, 1.807) is 36.6 Å². The van der Waals surface area contributed by atoms with Crippen LogP contribution in [0.5, 0.6) is 5.75 Å². The molecule has 0 aliphatic carbocycles. The largest absolute Gasteiger partial charge is 0.484 e. The third-order valence-corrected chi connectivity index (χ3v) is 6.80. The Hall–Kier alpha value is -2.12. The van der Waals surface area contributed by atoms with Crippen LogP contribution >= 0.6 is 46.6 Å². The van der Waals surface area contributed by atoms with E-state index in [1.165, 1.54) is 16.7 Å². The summed E-state index contributed by atoms with van der Waals surface area (Å²) in [6.45, 7) is 0.879. The van der Waals surface area contributed by atoms with Crippen molar-refractivity contribution in [2.45, 2.75) is 40.5 Å². The highest BCUT2D eigenvalue weighted by Crippen LogP contribution is 2.48. The van der Waals surface area contributed by atoms with Crippen molar-refractivity contribution in [3.05, 3.63) is 41.3 Å². The Morgan fingerprint density at radius 2 is 2.00 bits per heavy atom. The van der Waals surface area contributed by atoms with Crippen molar-refractivity contribution in [2.24, 2.45) is 0 Å². The maximum Gasteiger partial charge on any atom is 0.336 e. The topological polar surface area (TPSA) is 109 Å². The lowest BCUT2D eigenvalue weighted by Crippen LogP contribution is -2.78. The van der Waals surface area contributed by atoms with Crippen LogP contribution in [0.25, 0.3) is 0 Å². The Labute approximate surface area is 210 Å². The lowest BCUT2D eigenvalue weighted by atomic mass is 9.81. The van der Waals surface area contributed by atoms with Crippen molar-refractivity contribution in [3.63, 3.8) is 0 Å². The molecule has 176 valence electrons. The Kier molecular flexibility index (Phi) is 8.06. The summed E-state index contributed by atoms with van der Waals surface area (Å²) >= 11 is 18.4. The molecule has 2 amide bonds. The van der Waals surface area contributed by atoms with Gasteiger partial charge in [-0.15, -0.1) is 11.8 Å². The van der Waals surface area contributed by atoms with Crippen LogP contribution < -0.4 is 10.1 Å². The number of carbonyl (C=O) groups excluding carboxylic acids is 3. The molecule has 2 aliphatic rings. The van der Waals surface area contributed by atoms with Crippen molar-refractivity contribution in [3.8, 4) is 11.8 Å². The second-order valence-electron chi connectivity index (χ2n) is 7.39. The quantitative estimate of drug-likeness (QED) is 0.311. The van der Waals surface area contributed by atoms with Crippen LogP contribution in [0.4, 0.5) is 0 Å². The monoisotopic (exact) mass is 531 g/mol. The van der Waals surface area contributed by atoms with Gasteiger partial charge in [0.05, 0.1) is 6.07 Å². The number of benzene rings is 1. The average Bonchev–Trinajstić information content (AvgIpc) is 2.79. The molecule has 8 nitrogen and oxygen atoms in total. The van der Waals surface area contributed by atoms with E-state index in [4.69, 9.17) is 49.5 Å². The van der Waals surface area contributed by atoms with Gasteiger partial charge in [-0.05, 0) is 36.5 Å². The summed E-state index contributed by atoms with van der Waals surface area (Å²) in [5.74, 6) is -1.23. The molecule has 12 heteroatoms. The number of amides is 2. The fourth-order valence-electron chi connectivity index (χ4n) is 3.66. The van der Waals surface area contributed by atoms with Crippen LogP contribution in [0.2, 0.25) is 0 Å². The number of nitriles is 1. The number of nitrogens with zero attached hydrogens (tertiary/aromatic N) is 2. The number of halogens is 3. The highest BCUT2D eigenvalue weighted by Gasteiger charge is 2.63. The number of nitrogens with one attached hydrogen (secondary N) is 1. The number of hydrogen-bond acceptors (Lipinski definition) is 7. The summed E-state index contributed by atoms with van der Waals surface area (Å²) in [6, 6.07) is 9.91. The number of β-lactam (4-membered cyclic amide) rings is 1. The molecule has 2 aliphatic heterocycles. The number of hydrogen-bond donors (Lipinski definition) is 1. The molecule has 0 aromatic heterocycles. The van der Waals surface area contributed by atoms with Gasteiger partial charge in [-0.3, -0.25) is 9.59 Å². The van der Waals surface area contributed by atoms with E-state index in [2.05, 4.69) is 5.32 Å². The minimum absolute atomic E-state index is 0.00507. The summed E-state index contributed by atoms with van der Waals surface area (Å²) < 4.78 is 8.81. The maximum atomic E-state index is 13.1. The minimum Gasteiger partial charge on any atom is -0.484 e. The predicted octanol–water partition coefficient (Wildman–Crippen LogP) is 3.33. The van der Waals surface area contributed by atoms with Crippen LogP contribution in [0.15, 0.2) is 41.3 Å². The molecule has 0 spiro atoms. The van der Waals surface area contributed by atoms with Gasteiger partial charge >= 0.3 is 5.97 Å². The smallest absolute Gasteiger partial charge is 0.336 e. The number of carbonyl (C=O) groups is 3. The molecule has 1 N–H and O–H groups in total. The van der Waals surface area contributed by atoms with E-state index in [-0.39, 0.29) is 19.4 Å². The van der Waals surface area contributed by atoms with Crippen LogP contribution in [-0.4, -0.2) is 56.6 Å². The normalized spacial score (nSPS) is 24.0.